The third-order valence-corrected chi connectivity index (χ3v) is 2.72. The second-order valence-electron chi connectivity index (χ2n) is 4.95. The average molecular weight is 295 g/mol. The number of hydrogen-bond donors (Lipinski definition) is 1. The van der Waals surface area contributed by atoms with Gasteiger partial charge in [-0.3, -0.25) is 0 Å². The number of benzene rings is 1. The van der Waals surface area contributed by atoms with E-state index in [-0.39, 0.29) is 18.7 Å². The molecule has 0 heterocycles. The number of esters is 1. The van der Waals surface area contributed by atoms with Gasteiger partial charge in [0.15, 0.2) is 18.1 Å². The van der Waals surface area contributed by atoms with Crippen LogP contribution in [0.1, 0.15) is 32.8 Å². The molecule has 1 aromatic rings. The van der Waals surface area contributed by atoms with Crippen molar-refractivity contribution in [3.05, 3.63) is 23.8 Å². The quantitative estimate of drug-likeness (QED) is 0.560. The first-order valence-corrected chi connectivity index (χ1v) is 7.27. The Bertz CT molecular complexity index is 446. The summed E-state index contributed by atoms with van der Waals surface area (Å²) in [6, 6.07) is 5.67. The van der Waals surface area contributed by atoms with Crippen molar-refractivity contribution >= 4 is 5.97 Å². The molecule has 0 saturated heterocycles. The Morgan fingerprint density at radius 2 is 2.10 bits per heavy atom. The summed E-state index contributed by atoms with van der Waals surface area (Å²) in [5, 5.41) is 3.31. The summed E-state index contributed by atoms with van der Waals surface area (Å²) in [7, 11) is 1.58. The van der Waals surface area contributed by atoms with Crippen LogP contribution in [0.15, 0.2) is 18.2 Å². The Morgan fingerprint density at radius 3 is 2.71 bits per heavy atom. The highest BCUT2D eigenvalue weighted by molar-refractivity contribution is 5.71. The van der Waals surface area contributed by atoms with Crippen LogP contribution in [0.25, 0.3) is 0 Å². The first-order chi connectivity index (χ1) is 10.1. The number of ether oxygens (including phenoxy) is 3. The van der Waals surface area contributed by atoms with Crippen molar-refractivity contribution in [2.75, 3.05) is 20.3 Å². The zero-order valence-electron chi connectivity index (χ0n) is 13.3. The highest BCUT2D eigenvalue weighted by Gasteiger charge is 2.13. The van der Waals surface area contributed by atoms with Crippen molar-refractivity contribution in [1.82, 2.24) is 5.32 Å². The van der Waals surface area contributed by atoms with Gasteiger partial charge in [-0.2, -0.15) is 0 Å². The van der Waals surface area contributed by atoms with Gasteiger partial charge in [0.1, 0.15) is 0 Å². The van der Waals surface area contributed by atoms with E-state index in [1.54, 1.807) is 21.0 Å². The molecule has 1 aromatic carbocycles. The number of carbonyl (C=O) groups is 1. The van der Waals surface area contributed by atoms with Gasteiger partial charge in [0, 0.05) is 12.1 Å². The van der Waals surface area contributed by atoms with Gasteiger partial charge < -0.3 is 19.5 Å². The molecule has 0 saturated carbocycles. The molecule has 0 aliphatic heterocycles. The van der Waals surface area contributed by atoms with Crippen molar-refractivity contribution in [3.63, 3.8) is 0 Å². The van der Waals surface area contributed by atoms with Crippen molar-refractivity contribution in [1.29, 1.82) is 0 Å². The molecule has 0 amide bonds. The van der Waals surface area contributed by atoms with Gasteiger partial charge in [0.05, 0.1) is 13.2 Å². The summed E-state index contributed by atoms with van der Waals surface area (Å²) >= 11 is 0. The number of nitrogens with one attached hydrogen (secondary N) is 1. The lowest BCUT2D eigenvalue weighted by molar-refractivity contribution is -0.149. The Kier molecular flexibility index (Phi) is 7.61. The SMILES string of the molecule is CCCNCc1cccc(OC)c1OCC(=O)OC(C)C. The van der Waals surface area contributed by atoms with E-state index < -0.39 is 0 Å². The highest BCUT2D eigenvalue weighted by Crippen LogP contribution is 2.31. The maximum atomic E-state index is 11.6. The molecule has 0 bridgehead atoms. The van der Waals surface area contributed by atoms with Crippen LogP contribution in [0.4, 0.5) is 0 Å². The molecular weight excluding hydrogens is 270 g/mol. The first kappa shape index (κ1) is 17.3. The standard InChI is InChI=1S/C16H25NO4/c1-5-9-17-10-13-7-6-8-14(19-4)16(13)20-11-15(18)21-12(2)3/h6-8,12,17H,5,9-11H2,1-4H3. The minimum Gasteiger partial charge on any atom is -0.493 e. The number of carbonyl (C=O) groups excluding carboxylic acids is 1. The monoisotopic (exact) mass is 295 g/mol. The van der Waals surface area contributed by atoms with Gasteiger partial charge in [-0.15, -0.1) is 0 Å². The maximum Gasteiger partial charge on any atom is 0.344 e. The van der Waals surface area contributed by atoms with Crippen LogP contribution >= 0.6 is 0 Å². The van der Waals surface area contributed by atoms with Crippen LogP contribution in [-0.4, -0.2) is 32.3 Å². The van der Waals surface area contributed by atoms with Crippen molar-refractivity contribution in [2.45, 2.75) is 39.8 Å². The summed E-state index contributed by atoms with van der Waals surface area (Å²) in [6.07, 6.45) is 0.908. The van der Waals surface area contributed by atoms with E-state index in [1.165, 1.54) is 0 Å². The van der Waals surface area contributed by atoms with Crippen molar-refractivity contribution in [2.24, 2.45) is 0 Å². The molecule has 0 atom stereocenters. The molecule has 5 nitrogen and oxygen atoms in total. The van der Waals surface area contributed by atoms with Crippen LogP contribution < -0.4 is 14.8 Å². The Labute approximate surface area is 126 Å². The molecule has 0 aliphatic rings. The third kappa shape index (κ3) is 6.04. The van der Waals surface area contributed by atoms with Crippen molar-refractivity contribution in [3.8, 4) is 11.5 Å². The molecule has 1 N–H and O–H groups in total. The van der Waals surface area contributed by atoms with Crippen LogP contribution in [0.3, 0.4) is 0 Å². The van der Waals surface area contributed by atoms with E-state index in [4.69, 9.17) is 14.2 Å². The molecule has 21 heavy (non-hydrogen) atoms. The Morgan fingerprint density at radius 1 is 1.33 bits per heavy atom. The van der Waals surface area contributed by atoms with E-state index in [0.717, 1.165) is 18.5 Å². The van der Waals surface area contributed by atoms with Crippen LogP contribution in [-0.2, 0) is 16.1 Å². The molecule has 0 aromatic heterocycles. The van der Waals surface area contributed by atoms with Gasteiger partial charge in [-0.25, -0.2) is 4.79 Å². The highest BCUT2D eigenvalue weighted by atomic mass is 16.6. The number of para-hydroxylation sites is 1. The largest absolute Gasteiger partial charge is 0.493 e. The number of rotatable bonds is 9. The second-order valence-corrected chi connectivity index (χ2v) is 4.95. The van der Waals surface area contributed by atoms with E-state index in [2.05, 4.69) is 12.2 Å². The fourth-order valence-corrected chi connectivity index (χ4v) is 1.85. The first-order valence-electron chi connectivity index (χ1n) is 7.27. The minimum absolute atomic E-state index is 0.126. The molecule has 0 unspecified atom stereocenters. The van der Waals surface area contributed by atoms with Gasteiger partial charge in [-0.05, 0) is 32.9 Å². The van der Waals surface area contributed by atoms with Gasteiger partial charge in [-0.1, -0.05) is 19.1 Å². The topological polar surface area (TPSA) is 56.8 Å². The number of hydrogen-bond acceptors (Lipinski definition) is 5. The molecule has 0 spiro atoms. The summed E-state index contributed by atoms with van der Waals surface area (Å²) < 4.78 is 16.0. The molecule has 1 rings (SSSR count). The van der Waals surface area contributed by atoms with Crippen molar-refractivity contribution < 1.29 is 19.0 Å². The summed E-state index contributed by atoms with van der Waals surface area (Å²) in [6.45, 7) is 7.19. The average Bonchev–Trinajstić information content (AvgIpc) is 2.45. The zero-order valence-corrected chi connectivity index (χ0v) is 13.3. The maximum absolute atomic E-state index is 11.6. The van der Waals surface area contributed by atoms with Crippen LogP contribution in [0.2, 0.25) is 0 Å². The van der Waals surface area contributed by atoms with Gasteiger partial charge in [0.2, 0.25) is 0 Å². The van der Waals surface area contributed by atoms with Gasteiger partial charge >= 0.3 is 5.97 Å². The predicted molar refractivity (Wildman–Crippen MR) is 81.7 cm³/mol. The summed E-state index contributed by atoms with van der Waals surface area (Å²) in [5.41, 5.74) is 0.958. The lowest BCUT2D eigenvalue weighted by Gasteiger charge is -2.15. The Hall–Kier alpha value is -1.75. The normalized spacial score (nSPS) is 10.5. The summed E-state index contributed by atoms with van der Waals surface area (Å²) in [5.74, 6) is 0.816. The molecule has 0 radical (unpaired) electrons. The Balaban J connectivity index is 2.74. The molecule has 118 valence electrons. The van der Waals surface area contributed by atoms with E-state index in [9.17, 15) is 4.79 Å². The van der Waals surface area contributed by atoms with E-state index in [0.29, 0.717) is 18.0 Å². The number of methoxy groups -OCH3 is 1. The lowest BCUT2D eigenvalue weighted by atomic mass is 10.2. The molecular formula is C16H25NO4. The third-order valence-electron chi connectivity index (χ3n) is 2.72. The smallest absolute Gasteiger partial charge is 0.344 e. The second kappa shape index (κ2) is 9.23. The fourth-order valence-electron chi connectivity index (χ4n) is 1.85. The van der Waals surface area contributed by atoms with E-state index >= 15 is 0 Å². The minimum atomic E-state index is -0.386. The lowest BCUT2D eigenvalue weighted by Crippen LogP contribution is -2.20. The van der Waals surface area contributed by atoms with Gasteiger partial charge in [0.25, 0.3) is 0 Å². The molecule has 5 heteroatoms. The fraction of sp³-hybridized carbons (Fsp3) is 0.562. The van der Waals surface area contributed by atoms with Crippen LogP contribution in [0, 0.1) is 0 Å². The molecule has 0 aliphatic carbocycles. The molecule has 0 fully saturated rings. The summed E-state index contributed by atoms with van der Waals surface area (Å²) in [4.78, 5) is 11.6. The van der Waals surface area contributed by atoms with E-state index in [1.807, 2.05) is 18.2 Å². The predicted octanol–water partition coefficient (Wildman–Crippen LogP) is 2.53. The van der Waals surface area contributed by atoms with Crippen LogP contribution in [0.5, 0.6) is 11.5 Å². The zero-order chi connectivity index (χ0) is 15.7.